The summed E-state index contributed by atoms with van der Waals surface area (Å²) in [4.78, 5) is 0. The van der Waals surface area contributed by atoms with Crippen molar-refractivity contribution in [2.75, 3.05) is 0 Å². The molecule has 0 fully saturated rings. The molecule has 2 nitrogen and oxygen atoms in total. The zero-order valence-corrected chi connectivity index (χ0v) is 9.76. The van der Waals surface area contributed by atoms with Crippen LogP contribution in [0, 0.1) is 0 Å². The summed E-state index contributed by atoms with van der Waals surface area (Å²) < 4.78 is 1.77. The number of aromatic nitrogens is 2. The maximum Gasteiger partial charge on any atom is 0.0967 e. The monoisotopic (exact) mass is 240 g/mol. The van der Waals surface area contributed by atoms with Gasteiger partial charge >= 0.3 is 0 Å². The van der Waals surface area contributed by atoms with E-state index in [0.717, 1.165) is 21.8 Å². The summed E-state index contributed by atoms with van der Waals surface area (Å²) in [6.07, 6.45) is 1.93. The average Bonchev–Trinajstić information content (AvgIpc) is 2.61. The van der Waals surface area contributed by atoms with Gasteiger partial charge in [-0.2, -0.15) is 5.10 Å². The van der Waals surface area contributed by atoms with Crippen molar-refractivity contribution in [3.63, 3.8) is 0 Å². The SMILES string of the molecule is Cn1cc(CCl)c(-c2ccc(Cl)cc2)n1. The predicted molar refractivity (Wildman–Crippen MR) is 63.2 cm³/mol. The molecule has 0 N–H and O–H groups in total. The normalized spacial score (nSPS) is 10.6. The predicted octanol–water partition coefficient (Wildman–Crippen LogP) is 3.48. The van der Waals surface area contributed by atoms with Crippen molar-refractivity contribution in [2.45, 2.75) is 5.88 Å². The summed E-state index contributed by atoms with van der Waals surface area (Å²) in [6.45, 7) is 0. The molecule has 0 aliphatic heterocycles. The van der Waals surface area contributed by atoms with E-state index >= 15 is 0 Å². The lowest BCUT2D eigenvalue weighted by Crippen LogP contribution is -1.87. The van der Waals surface area contributed by atoms with E-state index in [1.165, 1.54) is 0 Å². The standard InChI is InChI=1S/C11H10Cl2N2/c1-15-7-9(6-12)11(14-15)8-2-4-10(13)5-3-8/h2-5,7H,6H2,1H3. The van der Waals surface area contributed by atoms with Gasteiger partial charge in [-0.25, -0.2) is 0 Å². The molecule has 2 aromatic rings. The van der Waals surface area contributed by atoms with Crippen LogP contribution in [-0.2, 0) is 12.9 Å². The summed E-state index contributed by atoms with van der Waals surface area (Å²) in [7, 11) is 1.88. The van der Waals surface area contributed by atoms with E-state index in [2.05, 4.69) is 5.10 Å². The Morgan fingerprint density at radius 2 is 1.93 bits per heavy atom. The first-order valence-electron chi connectivity index (χ1n) is 4.55. The molecule has 1 aromatic carbocycles. The quantitative estimate of drug-likeness (QED) is 0.736. The van der Waals surface area contributed by atoms with Crippen molar-refractivity contribution in [3.05, 3.63) is 41.0 Å². The Kier molecular flexibility index (Phi) is 2.98. The summed E-state index contributed by atoms with van der Waals surface area (Å²) in [6, 6.07) is 7.59. The van der Waals surface area contributed by atoms with E-state index < -0.39 is 0 Å². The summed E-state index contributed by atoms with van der Waals surface area (Å²) in [5, 5.41) is 5.09. The Hall–Kier alpha value is -0.990. The molecule has 0 saturated carbocycles. The zero-order valence-electron chi connectivity index (χ0n) is 8.24. The van der Waals surface area contributed by atoms with Gasteiger partial charge in [0, 0.05) is 29.4 Å². The lowest BCUT2D eigenvalue weighted by molar-refractivity contribution is 0.770. The van der Waals surface area contributed by atoms with E-state index in [-0.39, 0.29) is 0 Å². The van der Waals surface area contributed by atoms with Crippen molar-refractivity contribution in [2.24, 2.45) is 7.05 Å². The number of aryl methyl sites for hydroxylation is 1. The Morgan fingerprint density at radius 1 is 1.27 bits per heavy atom. The molecule has 15 heavy (non-hydrogen) atoms. The molecule has 0 aliphatic carbocycles. The van der Waals surface area contributed by atoms with Crippen LogP contribution in [0.25, 0.3) is 11.3 Å². The molecule has 0 amide bonds. The van der Waals surface area contributed by atoms with Crippen LogP contribution in [-0.4, -0.2) is 9.78 Å². The largest absolute Gasteiger partial charge is 0.275 e. The van der Waals surface area contributed by atoms with Crippen molar-refractivity contribution in [1.29, 1.82) is 0 Å². The van der Waals surface area contributed by atoms with E-state index in [9.17, 15) is 0 Å². The highest BCUT2D eigenvalue weighted by atomic mass is 35.5. The molecule has 78 valence electrons. The molecule has 4 heteroatoms. The Labute approximate surface area is 98.4 Å². The molecule has 1 aromatic heterocycles. The third-order valence-electron chi connectivity index (χ3n) is 2.17. The van der Waals surface area contributed by atoms with E-state index in [0.29, 0.717) is 5.88 Å². The second kappa shape index (κ2) is 4.25. The highest BCUT2D eigenvalue weighted by Crippen LogP contribution is 2.24. The number of nitrogens with zero attached hydrogens (tertiary/aromatic N) is 2. The Bertz CT molecular complexity index is 460. The molecule has 0 atom stereocenters. The molecular weight excluding hydrogens is 231 g/mol. The van der Waals surface area contributed by atoms with Crippen LogP contribution in [0.15, 0.2) is 30.5 Å². The molecule has 0 unspecified atom stereocenters. The summed E-state index contributed by atoms with van der Waals surface area (Å²) in [5.74, 6) is 0.464. The van der Waals surface area contributed by atoms with Gasteiger partial charge in [0.05, 0.1) is 11.6 Å². The van der Waals surface area contributed by atoms with E-state index in [1.807, 2.05) is 37.5 Å². The molecule has 1 heterocycles. The first kappa shape index (κ1) is 10.5. The number of rotatable bonds is 2. The Balaban J connectivity index is 2.48. The number of halogens is 2. The topological polar surface area (TPSA) is 17.8 Å². The zero-order chi connectivity index (χ0) is 10.8. The fourth-order valence-electron chi connectivity index (χ4n) is 1.49. The van der Waals surface area contributed by atoms with Gasteiger partial charge < -0.3 is 0 Å². The summed E-state index contributed by atoms with van der Waals surface area (Å²) >= 11 is 11.7. The number of benzene rings is 1. The van der Waals surface area contributed by atoms with Crippen LogP contribution in [0.1, 0.15) is 5.56 Å². The van der Waals surface area contributed by atoms with E-state index in [1.54, 1.807) is 4.68 Å². The average molecular weight is 241 g/mol. The lowest BCUT2D eigenvalue weighted by atomic mass is 10.1. The molecule has 0 radical (unpaired) electrons. The first-order chi connectivity index (χ1) is 7.20. The smallest absolute Gasteiger partial charge is 0.0967 e. The van der Waals surface area contributed by atoms with Gasteiger partial charge in [-0.15, -0.1) is 11.6 Å². The second-order valence-corrected chi connectivity index (χ2v) is 4.02. The lowest BCUT2D eigenvalue weighted by Gasteiger charge is -1.99. The van der Waals surface area contributed by atoms with Gasteiger partial charge in [-0.3, -0.25) is 4.68 Å². The van der Waals surface area contributed by atoms with Gasteiger partial charge in [-0.05, 0) is 12.1 Å². The van der Waals surface area contributed by atoms with Gasteiger partial charge in [0.2, 0.25) is 0 Å². The van der Waals surface area contributed by atoms with Gasteiger partial charge in [0.25, 0.3) is 0 Å². The van der Waals surface area contributed by atoms with Crippen LogP contribution in [0.3, 0.4) is 0 Å². The van der Waals surface area contributed by atoms with Crippen molar-refractivity contribution in [3.8, 4) is 11.3 Å². The maximum absolute atomic E-state index is 5.85. The number of alkyl halides is 1. The van der Waals surface area contributed by atoms with Crippen molar-refractivity contribution >= 4 is 23.2 Å². The van der Waals surface area contributed by atoms with Crippen LogP contribution in [0.4, 0.5) is 0 Å². The van der Waals surface area contributed by atoms with E-state index in [4.69, 9.17) is 23.2 Å². The minimum absolute atomic E-state index is 0.464. The molecule has 0 spiro atoms. The highest BCUT2D eigenvalue weighted by molar-refractivity contribution is 6.30. The second-order valence-electron chi connectivity index (χ2n) is 3.32. The molecule has 0 aliphatic rings. The van der Waals surface area contributed by atoms with Crippen LogP contribution in [0.2, 0.25) is 5.02 Å². The van der Waals surface area contributed by atoms with Crippen LogP contribution in [0.5, 0.6) is 0 Å². The highest BCUT2D eigenvalue weighted by Gasteiger charge is 2.08. The minimum atomic E-state index is 0.464. The third-order valence-corrected chi connectivity index (χ3v) is 2.71. The van der Waals surface area contributed by atoms with Gasteiger partial charge in [-0.1, -0.05) is 23.7 Å². The van der Waals surface area contributed by atoms with Gasteiger partial charge in [0.15, 0.2) is 0 Å². The molecule has 0 bridgehead atoms. The fourth-order valence-corrected chi connectivity index (χ4v) is 1.81. The van der Waals surface area contributed by atoms with Crippen molar-refractivity contribution in [1.82, 2.24) is 9.78 Å². The first-order valence-corrected chi connectivity index (χ1v) is 5.46. The van der Waals surface area contributed by atoms with Crippen molar-refractivity contribution < 1.29 is 0 Å². The third kappa shape index (κ3) is 2.16. The van der Waals surface area contributed by atoms with Crippen LogP contribution < -0.4 is 0 Å². The van der Waals surface area contributed by atoms with Gasteiger partial charge in [0.1, 0.15) is 0 Å². The maximum atomic E-state index is 5.85. The van der Waals surface area contributed by atoms with Crippen LogP contribution >= 0.6 is 23.2 Å². The number of hydrogen-bond donors (Lipinski definition) is 0. The minimum Gasteiger partial charge on any atom is -0.275 e. The molecule has 2 rings (SSSR count). The Morgan fingerprint density at radius 3 is 2.53 bits per heavy atom. The number of hydrogen-bond acceptors (Lipinski definition) is 1. The molecular formula is C11H10Cl2N2. The fraction of sp³-hybridized carbons (Fsp3) is 0.182. The molecule has 0 saturated heterocycles. The summed E-state index contributed by atoms with van der Waals surface area (Å²) in [5.41, 5.74) is 2.99.